The first-order chi connectivity index (χ1) is 15.7. The van der Waals surface area contributed by atoms with E-state index in [9.17, 15) is 9.65 Å². The molecular weight excluding hydrogens is 411 g/mol. The molecule has 1 unspecified atom stereocenters. The molecule has 10 heteroatoms. The van der Waals surface area contributed by atoms with Gasteiger partial charge in [-0.2, -0.15) is 5.26 Å². The van der Waals surface area contributed by atoms with Crippen LogP contribution >= 0.6 is 0 Å². The Labute approximate surface area is 185 Å². The van der Waals surface area contributed by atoms with Gasteiger partial charge in [0.15, 0.2) is 0 Å². The minimum Gasteiger partial charge on any atom is -0.383 e. The fourth-order valence-electron chi connectivity index (χ4n) is 3.44. The SMILES string of the molecule is COCCNc1cc(Nc2nccc(-c3cnc(N4CCC(F)C4)c(C#N)c3)n2)ccn1. The summed E-state index contributed by atoms with van der Waals surface area (Å²) in [6.07, 6.45) is 4.54. The number of anilines is 4. The third-order valence-electron chi connectivity index (χ3n) is 5.00. The molecule has 1 fully saturated rings. The van der Waals surface area contributed by atoms with Crippen molar-refractivity contribution < 1.29 is 9.13 Å². The number of rotatable bonds is 8. The van der Waals surface area contributed by atoms with E-state index in [0.29, 0.717) is 60.5 Å². The van der Waals surface area contributed by atoms with Gasteiger partial charge in [-0.3, -0.25) is 0 Å². The molecule has 4 rings (SSSR count). The van der Waals surface area contributed by atoms with Crippen molar-refractivity contribution in [3.63, 3.8) is 0 Å². The summed E-state index contributed by atoms with van der Waals surface area (Å²) < 4.78 is 18.6. The normalized spacial score (nSPS) is 15.4. The number of hydrogen-bond acceptors (Lipinski definition) is 9. The Kier molecular flexibility index (Phi) is 6.67. The summed E-state index contributed by atoms with van der Waals surface area (Å²) in [5.41, 5.74) is 2.47. The lowest BCUT2D eigenvalue weighted by molar-refractivity contribution is 0.210. The van der Waals surface area contributed by atoms with Crippen LogP contribution in [0.2, 0.25) is 0 Å². The zero-order chi connectivity index (χ0) is 22.3. The van der Waals surface area contributed by atoms with Crippen molar-refractivity contribution in [1.29, 1.82) is 5.26 Å². The van der Waals surface area contributed by atoms with Gasteiger partial charge >= 0.3 is 0 Å². The molecule has 0 bridgehead atoms. The summed E-state index contributed by atoms with van der Waals surface area (Å²) in [6, 6.07) is 9.31. The summed E-state index contributed by atoms with van der Waals surface area (Å²) in [5, 5.41) is 15.9. The van der Waals surface area contributed by atoms with Gasteiger partial charge in [0.2, 0.25) is 5.95 Å². The van der Waals surface area contributed by atoms with Crippen LogP contribution in [0.25, 0.3) is 11.3 Å². The van der Waals surface area contributed by atoms with E-state index in [2.05, 4.69) is 36.6 Å². The average Bonchev–Trinajstić information content (AvgIpc) is 3.25. The van der Waals surface area contributed by atoms with Gasteiger partial charge in [0, 0.05) is 56.1 Å². The summed E-state index contributed by atoms with van der Waals surface area (Å²) in [7, 11) is 1.64. The first kappa shape index (κ1) is 21.4. The van der Waals surface area contributed by atoms with Crippen LogP contribution in [0.15, 0.2) is 42.9 Å². The molecule has 1 aliphatic heterocycles. The topological polar surface area (TPSA) is 112 Å². The van der Waals surface area contributed by atoms with E-state index < -0.39 is 6.17 Å². The van der Waals surface area contributed by atoms with E-state index in [4.69, 9.17) is 4.74 Å². The Balaban J connectivity index is 1.52. The first-order valence-corrected chi connectivity index (χ1v) is 10.2. The predicted molar refractivity (Wildman–Crippen MR) is 120 cm³/mol. The molecule has 0 amide bonds. The second-order valence-corrected chi connectivity index (χ2v) is 7.28. The van der Waals surface area contributed by atoms with E-state index in [1.54, 1.807) is 37.8 Å². The number of hydrogen-bond donors (Lipinski definition) is 2. The Hall–Kier alpha value is -3.84. The molecule has 0 aromatic carbocycles. The van der Waals surface area contributed by atoms with Gasteiger partial charge in [0.1, 0.15) is 23.9 Å². The molecule has 9 nitrogen and oxygen atoms in total. The zero-order valence-corrected chi connectivity index (χ0v) is 17.6. The van der Waals surface area contributed by atoms with Gasteiger partial charge in [-0.25, -0.2) is 24.3 Å². The molecule has 0 saturated carbocycles. The van der Waals surface area contributed by atoms with Gasteiger partial charge in [-0.15, -0.1) is 0 Å². The first-order valence-electron chi connectivity index (χ1n) is 10.2. The monoisotopic (exact) mass is 434 g/mol. The van der Waals surface area contributed by atoms with Crippen LogP contribution in [0, 0.1) is 11.3 Å². The second-order valence-electron chi connectivity index (χ2n) is 7.28. The molecule has 0 aliphatic carbocycles. The van der Waals surface area contributed by atoms with Crippen molar-refractivity contribution in [2.75, 3.05) is 48.9 Å². The number of halogens is 1. The van der Waals surface area contributed by atoms with Gasteiger partial charge in [0.25, 0.3) is 0 Å². The largest absolute Gasteiger partial charge is 0.383 e. The van der Waals surface area contributed by atoms with Crippen molar-refractivity contribution in [3.8, 4) is 17.3 Å². The van der Waals surface area contributed by atoms with Crippen molar-refractivity contribution in [2.24, 2.45) is 0 Å². The van der Waals surface area contributed by atoms with Crippen LogP contribution in [0.3, 0.4) is 0 Å². The molecule has 2 N–H and O–H groups in total. The highest BCUT2D eigenvalue weighted by Crippen LogP contribution is 2.27. The number of ether oxygens (including phenoxy) is 1. The predicted octanol–water partition coefficient (Wildman–Crippen LogP) is 3.16. The molecule has 4 heterocycles. The van der Waals surface area contributed by atoms with Crippen LogP contribution in [-0.4, -0.2) is 59.5 Å². The smallest absolute Gasteiger partial charge is 0.227 e. The fraction of sp³-hybridized carbons (Fsp3) is 0.318. The van der Waals surface area contributed by atoms with Crippen molar-refractivity contribution in [1.82, 2.24) is 19.9 Å². The number of nitrogens with one attached hydrogen (secondary N) is 2. The van der Waals surface area contributed by atoms with Crippen LogP contribution in [0.4, 0.5) is 27.7 Å². The van der Waals surface area contributed by atoms with E-state index in [1.807, 2.05) is 17.0 Å². The lowest BCUT2D eigenvalue weighted by Gasteiger charge is -2.18. The van der Waals surface area contributed by atoms with E-state index >= 15 is 0 Å². The van der Waals surface area contributed by atoms with Gasteiger partial charge < -0.3 is 20.3 Å². The highest BCUT2D eigenvalue weighted by atomic mass is 19.1. The Morgan fingerprint density at radius 1 is 1.25 bits per heavy atom. The summed E-state index contributed by atoms with van der Waals surface area (Å²) in [6.45, 7) is 2.04. The number of alkyl halides is 1. The minimum atomic E-state index is -0.887. The van der Waals surface area contributed by atoms with Crippen LogP contribution in [0.1, 0.15) is 12.0 Å². The van der Waals surface area contributed by atoms with Crippen molar-refractivity contribution in [3.05, 3.63) is 48.4 Å². The molecule has 1 aliphatic rings. The van der Waals surface area contributed by atoms with Crippen LogP contribution in [0.5, 0.6) is 0 Å². The standard InChI is InChI=1S/C22H23FN8O/c1-32-9-7-26-20-11-18(2-5-25-20)29-22-27-6-3-19(30-22)16-10-15(12-24)21(28-13-16)31-8-4-17(23)14-31/h2-3,5-6,10-11,13,17H,4,7-9,14H2,1H3,(H2,25,26,27,29,30). The third kappa shape index (κ3) is 5.07. The molecule has 1 atom stereocenters. The quantitative estimate of drug-likeness (QED) is 0.516. The lowest BCUT2D eigenvalue weighted by Crippen LogP contribution is -2.22. The highest BCUT2D eigenvalue weighted by Gasteiger charge is 2.25. The van der Waals surface area contributed by atoms with Crippen molar-refractivity contribution >= 4 is 23.3 Å². The van der Waals surface area contributed by atoms with E-state index in [-0.39, 0.29) is 6.54 Å². The zero-order valence-electron chi connectivity index (χ0n) is 17.6. The highest BCUT2D eigenvalue weighted by molar-refractivity contribution is 5.67. The number of methoxy groups -OCH3 is 1. The molecule has 32 heavy (non-hydrogen) atoms. The number of pyridine rings is 2. The van der Waals surface area contributed by atoms with E-state index in [0.717, 1.165) is 5.69 Å². The maximum Gasteiger partial charge on any atom is 0.227 e. The van der Waals surface area contributed by atoms with Gasteiger partial charge in [-0.05, 0) is 24.6 Å². The Morgan fingerprint density at radius 2 is 2.12 bits per heavy atom. The Morgan fingerprint density at radius 3 is 2.91 bits per heavy atom. The molecule has 3 aromatic rings. The summed E-state index contributed by atoms with van der Waals surface area (Å²) >= 11 is 0. The van der Waals surface area contributed by atoms with E-state index in [1.165, 1.54) is 0 Å². The third-order valence-corrected chi connectivity index (χ3v) is 5.00. The van der Waals surface area contributed by atoms with Gasteiger partial charge in [0.05, 0.1) is 24.4 Å². The molecular formula is C22H23FN8O. The number of aromatic nitrogens is 4. The van der Waals surface area contributed by atoms with Crippen LogP contribution < -0.4 is 15.5 Å². The lowest BCUT2D eigenvalue weighted by atomic mass is 10.1. The van der Waals surface area contributed by atoms with Crippen LogP contribution in [-0.2, 0) is 4.74 Å². The summed E-state index contributed by atoms with van der Waals surface area (Å²) in [5.74, 6) is 1.62. The minimum absolute atomic E-state index is 0.261. The summed E-state index contributed by atoms with van der Waals surface area (Å²) in [4.78, 5) is 19.3. The van der Waals surface area contributed by atoms with Crippen molar-refractivity contribution in [2.45, 2.75) is 12.6 Å². The molecule has 1 saturated heterocycles. The molecule has 164 valence electrons. The molecule has 0 spiro atoms. The fourth-order valence-corrected chi connectivity index (χ4v) is 3.44. The number of nitrogens with zero attached hydrogens (tertiary/aromatic N) is 6. The number of nitriles is 1. The Bertz CT molecular complexity index is 1120. The maximum atomic E-state index is 13.6. The average molecular weight is 434 g/mol. The maximum absolute atomic E-state index is 13.6. The molecule has 0 radical (unpaired) electrons. The van der Waals surface area contributed by atoms with Gasteiger partial charge in [-0.1, -0.05) is 0 Å². The molecule has 3 aromatic heterocycles. The second kappa shape index (κ2) is 9.98.